The number of carbonyl (C=O) groups is 3. The maximum absolute atomic E-state index is 12.9. The molecule has 1 unspecified atom stereocenters. The van der Waals surface area contributed by atoms with Gasteiger partial charge in [-0.05, 0) is 116 Å². The van der Waals surface area contributed by atoms with Crippen molar-refractivity contribution in [3.8, 4) is 0 Å². The molecular formula is C73H120O6. The third-order valence-corrected chi connectivity index (χ3v) is 13.7. The lowest BCUT2D eigenvalue weighted by atomic mass is 10.0. The minimum atomic E-state index is -0.800. The first-order valence-corrected chi connectivity index (χ1v) is 32.7. The van der Waals surface area contributed by atoms with Gasteiger partial charge in [0, 0.05) is 19.3 Å². The van der Waals surface area contributed by atoms with Crippen LogP contribution < -0.4 is 0 Å². The highest BCUT2D eigenvalue weighted by atomic mass is 16.6. The van der Waals surface area contributed by atoms with Crippen LogP contribution in [-0.2, 0) is 28.6 Å². The zero-order valence-corrected chi connectivity index (χ0v) is 51.3. The van der Waals surface area contributed by atoms with Gasteiger partial charge in [0.05, 0.1) is 0 Å². The van der Waals surface area contributed by atoms with Crippen LogP contribution in [0.1, 0.15) is 290 Å². The van der Waals surface area contributed by atoms with Gasteiger partial charge in [0.1, 0.15) is 13.2 Å². The van der Waals surface area contributed by atoms with E-state index in [9.17, 15) is 14.4 Å². The Bertz CT molecular complexity index is 1680. The maximum atomic E-state index is 12.9. The molecule has 0 amide bonds. The fourth-order valence-corrected chi connectivity index (χ4v) is 8.83. The van der Waals surface area contributed by atoms with E-state index in [2.05, 4.69) is 154 Å². The van der Waals surface area contributed by atoms with Gasteiger partial charge < -0.3 is 14.2 Å². The molecular weight excluding hydrogens is 973 g/mol. The van der Waals surface area contributed by atoms with Gasteiger partial charge >= 0.3 is 17.9 Å². The molecule has 0 rings (SSSR count). The second-order valence-electron chi connectivity index (χ2n) is 21.3. The number of carbonyl (C=O) groups excluding carboxylic acids is 3. The third-order valence-electron chi connectivity index (χ3n) is 13.7. The molecule has 6 heteroatoms. The Labute approximate surface area is 487 Å². The lowest BCUT2D eigenvalue weighted by Gasteiger charge is -2.18. The number of hydrogen-bond acceptors (Lipinski definition) is 6. The minimum absolute atomic E-state index is 0.0925. The fraction of sp³-hybridized carbons (Fsp3) is 0.658. The van der Waals surface area contributed by atoms with Gasteiger partial charge in [-0.2, -0.15) is 0 Å². The maximum Gasteiger partial charge on any atom is 0.306 e. The Morgan fingerprint density at radius 3 is 0.772 bits per heavy atom. The van der Waals surface area contributed by atoms with Crippen molar-refractivity contribution in [2.75, 3.05) is 13.2 Å². The van der Waals surface area contributed by atoms with E-state index in [1.54, 1.807) is 0 Å². The number of rotatable bonds is 58. The number of ether oxygens (including phenoxy) is 3. The van der Waals surface area contributed by atoms with Crippen LogP contribution in [0.5, 0.6) is 0 Å². The molecule has 448 valence electrons. The van der Waals surface area contributed by atoms with Gasteiger partial charge in [-0.1, -0.05) is 289 Å². The van der Waals surface area contributed by atoms with E-state index in [0.29, 0.717) is 19.3 Å². The van der Waals surface area contributed by atoms with Crippen molar-refractivity contribution in [3.05, 3.63) is 134 Å². The molecule has 0 aromatic rings. The molecule has 0 aliphatic rings. The van der Waals surface area contributed by atoms with Crippen LogP contribution in [0, 0.1) is 0 Å². The van der Waals surface area contributed by atoms with Crippen molar-refractivity contribution < 1.29 is 28.6 Å². The molecule has 0 heterocycles. The molecule has 0 fully saturated rings. The van der Waals surface area contributed by atoms with Crippen LogP contribution in [0.2, 0.25) is 0 Å². The van der Waals surface area contributed by atoms with Crippen molar-refractivity contribution in [2.45, 2.75) is 297 Å². The van der Waals surface area contributed by atoms with Crippen molar-refractivity contribution in [1.82, 2.24) is 0 Å². The summed E-state index contributed by atoms with van der Waals surface area (Å²) in [5.41, 5.74) is 0. The highest BCUT2D eigenvalue weighted by Crippen LogP contribution is 2.16. The number of unbranched alkanes of at least 4 members (excludes halogenated alkanes) is 25. The summed E-state index contributed by atoms with van der Waals surface area (Å²) in [5.74, 6) is -0.923. The Kier molecular flexibility index (Phi) is 62.3. The van der Waals surface area contributed by atoms with Crippen molar-refractivity contribution in [3.63, 3.8) is 0 Å². The first-order chi connectivity index (χ1) is 39.0. The van der Waals surface area contributed by atoms with Gasteiger partial charge in [-0.3, -0.25) is 14.4 Å². The van der Waals surface area contributed by atoms with Crippen LogP contribution in [0.15, 0.2) is 134 Å². The third kappa shape index (κ3) is 64.3. The van der Waals surface area contributed by atoms with Crippen LogP contribution >= 0.6 is 0 Å². The average molecular weight is 1090 g/mol. The Balaban J connectivity index is 4.39. The molecule has 0 N–H and O–H groups in total. The van der Waals surface area contributed by atoms with Gasteiger partial charge in [0.2, 0.25) is 0 Å². The largest absolute Gasteiger partial charge is 0.462 e. The van der Waals surface area contributed by atoms with Crippen LogP contribution in [0.4, 0.5) is 0 Å². The summed E-state index contributed by atoms with van der Waals surface area (Å²) in [6, 6.07) is 0. The van der Waals surface area contributed by atoms with E-state index in [1.807, 2.05) is 0 Å². The van der Waals surface area contributed by atoms with Crippen LogP contribution in [0.25, 0.3) is 0 Å². The molecule has 0 aliphatic heterocycles. The number of hydrogen-bond donors (Lipinski definition) is 0. The zero-order chi connectivity index (χ0) is 57.1. The van der Waals surface area contributed by atoms with E-state index in [-0.39, 0.29) is 31.1 Å². The molecule has 0 saturated heterocycles. The summed E-state index contributed by atoms with van der Waals surface area (Å²) in [6.45, 7) is 6.40. The standard InChI is InChI=1S/C73H120O6/c1-4-7-10-13-16-19-22-25-28-30-31-32-33-34-35-36-37-38-39-40-41-43-45-48-51-54-57-60-63-66-72(75)78-69-70(68-77-71(74)65-62-59-56-53-50-47-44-27-24-21-18-15-12-9-6-3)79-73(76)67-64-61-58-55-52-49-46-42-29-26-23-20-17-14-11-8-5-2/h7-8,10-11,16-17,19-20,25-26,28-29,31-32,34-35,37-38,40-41,46,49,70H,4-6,9,12-15,18,21-24,27,30,33,36,39,42-45,47-48,50-69H2,1-3H3/b10-7-,11-8-,19-16-,20-17-,28-25-,29-26-,32-31-,35-34-,38-37-,41-40-,49-46-. The summed E-state index contributed by atoms with van der Waals surface area (Å²) in [7, 11) is 0. The van der Waals surface area contributed by atoms with Crippen LogP contribution in [-0.4, -0.2) is 37.2 Å². The van der Waals surface area contributed by atoms with E-state index >= 15 is 0 Å². The lowest BCUT2D eigenvalue weighted by Crippen LogP contribution is -2.30. The van der Waals surface area contributed by atoms with E-state index in [4.69, 9.17) is 14.2 Å². The second-order valence-corrected chi connectivity index (χ2v) is 21.3. The first-order valence-electron chi connectivity index (χ1n) is 32.7. The van der Waals surface area contributed by atoms with E-state index in [0.717, 1.165) is 148 Å². The number of esters is 3. The van der Waals surface area contributed by atoms with Crippen molar-refractivity contribution in [1.29, 1.82) is 0 Å². The SMILES string of the molecule is CC/C=C\C/C=C\C/C=C\C/C=C\C/C=C\C/C=C\C/C=C\CCCCCCCCCC(=O)OCC(COC(=O)CCCCCCCCCCCCCCCCC)OC(=O)CCCCCC/C=C\C/C=C\C/C=C\C/C=C\CC. The molecule has 0 radical (unpaired) electrons. The molecule has 0 saturated carbocycles. The number of allylic oxidation sites excluding steroid dienone is 22. The molecule has 0 spiro atoms. The summed E-state index contributed by atoms with van der Waals surface area (Å²) in [5, 5.41) is 0. The van der Waals surface area contributed by atoms with Crippen LogP contribution in [0.3, 0.4) is 0 Å². The second kappa shape index (κ2) is 66.1. The highest BCUT2D eigenvalue weighted by Gasteiger charge is 2.19. The molecule has 1 atom stereocenters. The Hall–Kier alpha value is -4.45. The van der Waals surface area contributed by atoms with Crippen molar-refractivity contribution in [2.24, 2.45) is 0 Å². The fourth-order valence-electron chi connectivity index (χ4n) is 8.83. The molecule has 0 bridgehead atoms. The van der Waals surface area contributed by atoms with Gasteiger partial charge in [-0.25, -0.2) is 0 Å². The summed E-state index contributed by atoms with van der Waals surface area (Å²) < 4.78 is 16.9. The molecule has 6 nitrogen and oxygen atoms in total. The average Bonchev–Trinajstić information content (AvgIpc) is 3.45. The van der Waals surface area contributed by atoms with E-state index in [1.165, 1.54) is 103 Å². The first kappa shape index (κ1) is 74.5. The highest BCUT2D eigenvalue weighted by molar-refractivity contribution is 5.71. The summed E-state index contributed by atoms with van der Waals surface area (Å²) >= 11 is 0. The smallest absolute Gasteiger partial charge is 0.306 e. The molecule has 0 aromatic heterocycles. The zero-order valence-electron chi connectivity index (χ0n) is 51.3. The normalized spacial score (nSPS) is 13.0. The Morgan fingerprint density at radius 2 is 0.494 bits per heavy atom. The van der Waals surface area contributed by atoms with Gasteiger partial charge in [-0.15, -0.1) is 0 Å². The van der Waals surface area contributed by atoms with Crippen molar-refractivity contribution >= 4 is 17.9 Å². The molecule has 79 heavy (non-hydrogen) atoms. The molecule has 0 aliphatic carbocycles. The predicted octanol–water partition coefficient (Wildman–Crippen LogP) is 22.5. The summed E-state index contributed by atoms with van der Waals surface area (Å²) in [4.78, 5) is 38.3. The minimum Gasteiger partial charge on any atom is -0.462 e. The van der Waals surface area contributed by atoms with Gasteiger partial charge in [0.25, 0.3) is 0 Å². The quantitative estimate of drug-likeness (QED) is 0.0261. The monoisotopic (exact) mass is 1090 g/mol. The van der Waals surface area contributed by atoms with E-state index < -0.39 is 6.10 Å². The van der Waals surface area contributed by atoms with Gasteiger partial charge in [0.15, 0.2) is 6.10 Å². The predicted molar refractivity (Wildman–Crippen MR) is 343 cm³/mol. The molecule has 0 aromatic carbocycles. The lowest BCUT2D eigenvalue weighted by molar-refractivity contribution is -0.167. The summed E-state index contributed by atoms with van der Waals surface area (Å²) in [6.07, 6.45) is 93.1. The Morgan fingerprint density at radius 1 is 0.266 bits per heavy atom. The topological polar surface area (TPSA) is 78.9 Å².